The molecular formula is C11H16N2S. The predicted molar refractivity (Wildman–Crippen MR) is 60.4 cm³/mol. The van der Waals surface area contributed by atoms with E-state index in [1.807, 2.05) is 11.3 Å². The second-order valence-corrected chi connectivity index (χ2v) is 4.43. The molecule has 0 aliphatic rings. The van der Waals surface area contributed by atoms with E-state index in [4.69, 9.17) is 5.26 Å². The van der Waals surface area contributed by atoms with Gasteiger partial charge in [-0.3, -0.25) is 0 Å². The maximum atomic E-state index is 8.39. The highest BCUT2D eigenvalue weighted by atomic mass is 32.1. The third-order valence-corrected chi connectivity index (χ3v) is 3.08. The summed E-state index contributed by atoms with van der Waals surface area (Å²) in [4.78, 5) is 3.73. The Morgan fingerprint density at radius 2 is 2.36 bits per heavy atom. The Morgan fingerprint density at radius 3 is 3.00 bits per heavy atom. The third kappa shape index (κ3) is 4.40. The summed E-state index contributed by atoms with van der Waals surface area (Å²) < 4.78 is 0. The van der Waals surface area contributed by atoms with Crippen LogP contribution in [0.25, 0.3) is 0 Å². The molecule has 0 radical (unpaired) electrons. The molecule has 1 aromatic heterocycles. The Hall–Kier alpha value is -0.850. The number of likely N-dealkylation sites (N-methyl/N-ethyl adjacent to an activating group) is 1. The average molecular weight is 208 g/mol. The van der Waals surface area contributed by atoms with Crippen LogP contribution in [-0.4, -0.2) is 25.0 Å². The average Bonchev–Trinajstić information content (AvgIpc) is 2.68. The van der Waals surface area contributed by atoms with E-state index in [9.17, 15) is 0 Å². The molecule has 3 heteroatoms. The van der Waals surface area contributed by atoms with Crippen molar-refractivity contribution in [3.05, 3.63) is 22.4 Å². The fourth-order valence-electron chi connectivity index (χ4n) is 1.30. The molecule has 0 N–H and O–H groups in total. The quantitative estimate of drug-likeness (QED) is 0.672. The summed E-state index contributed by atoms with van der Waals surface area (Å²) >= 11 is 1.81. The summed E-state index contributed by atoms with van der Waals surface area (Å²) in [7, 11) is 2.12. The molecule has 14 heavy (non-hydrogen) atoms. The number of nitrogens with zero attached hydrogens (tertiary/aromatic N) is 2. The molecule has 0 aliphatic carbocycles. The van der Waals surface area contributed by atoms with E-state index in [0.717, 1.165) is 25.9 Å². The van der Waals surface area contributed by atoms with Crippen molar-refractivity contribution in [1.29, 1.82) is 5.26 Å². The van der Waals surface area contributed by atoms with Crippen LogP contribution in [0.3, 0.4) is 0 Å². The molecule has 0 atom stereocenters. The molecule has 0 amide bonds. The number of thiophene rings is 1. The second kappa shape index (κ2) is 6.58. The van der Waals surface area contributed by atoms with Crippen LogP contribution in [0.5, 0.6) is 0 Å². The van der Waals surface area contributed by atoms with Crippen molar-refractivity contribution in [2.45, 2.75) is 19.3 Å². The highest BCUT2D eigenvalue weighted by molar-refractivity contribution is 7.09. The first-order valence-corrected chi connectivity index (χ1v) is 5.79. The van der Waals surface area contributed by atoms with E-state index in [0.29, 0.717) is 6.42 Å². The number of hydrogen-bond donors (Lipinski definition) is 0. The third-order valence-electron chi connectivity index (χ3n) is 2.15. The minimum absolute atomic E-state index is 0.670. The van der Waals surface area contributed by atoms with Crippen molar-refractivity contribution in [3.8, 4) is 6.07 Å². The van der Waals surface area contributed by atoms with Crippen LogP contribution in [0.4, 0.5) is 0 Å². The molecule has 0 aromatic carbocycles. The van der Waals surface area contributed by atoms with Gasteiger partial charge in [-0.05, 0) is 37.9 Å². The minimum atomic E-state index is 0.670. The molecule has 0 fully saturated rings. The van der Waals surface area contributed by atoms with Crippen molar-refractivity contribution >= 4 is 11.3 Å². The summed E-state index contributed by atoms with van der Waals surface area (Å²) in [5.74, 6) is 0. The van der Waals surface area contributed by atoms with Crippen LogP contribution in [0, 0.1) is 11.3 Å². The monoisotopic (exact) mass is 208 g/mol. The highest BCUT2D eigenvalue weighted by Gasteiger charge is 1.99. The van der Waals surface area contributed by atoms with Crippen LogP contribution in [0.1, 0.15) is 17.7 Å². The molecule has 0 unspecified atom stereocenters. The maximum absolute atomic E-state index is 8.39. The smallest absolute Gasteiger partial charge is 0.0622 e. The van der Waals surface area contributed by atoms with Crippen LogP contribution in [0.2, 0.25) is 0 Å². The zero-order chi connectivity index (χ0) is 10.2. The molecule has 76 valence electrons. The first-order valence-electron chi connectivity index (χ1n) is 4.91. The lowest BCUT2D eigenvalue weighted by Gasteiger charge is -2.14. The van der Waals surface area contributed by atoms with E-state index in [1.54, 1.807) is 0 Å². The number of rotatable bonds is 6. The van der Waals surface area contributed by atoms with Crippen LogP contribution in [-0.2, 0) is 6.42 Å². The number of unbranched alkanes of at least 4 members (excludes halogenated alkanes) is 1. The number of nitriles is 1. The Bertz CT molecular complexity index is 274. The first-order chi connectivity index (χ1) is 6.83. The van der Waals surface area contributed by atoms with Gasteiger partial charge in [0, 0.05) is 17.8 Å². The Labute approximate surface area is 89.8 Å². The number of hydrogen-bond acceptors (Lipinski definition) is 3. The standard InChI is InChI=1S/C11H16N2S/c1-13(8-3-2-7-12)9-6-11-5-4-10-14-11/h4-5,10H,2-3,6,8-9H2,1H3. The predicted octanol–water partition coefficient (Wildman–Crippen LogP) is 2.53. The van der Waals surface area contributed by atoms with Crippen molar-refractivity contribution in [2.24, 2.45) is 0 Å². The Morgan fingerprint density at radius 1 is 1.50 bits per heavy atom. The molecule has 1 heterocycles. The highest BCUT2D eigenvalue weighted by Crippen LogP contribution is 2.09. The van der Waals surface area contributed by atoms with Gasteiger partial charge in [0.05, 0.1) is 6.07 Å². The lowest BCUT2D eigenvalue weighted by molar-refractivity contribution is 0.336. The molecule has 0 bridgehead atoms. The Balaban J connectivity index is 2.09. The van der Waals surface area contributed by atoms with E-state index in [1.165, 1.54) is 4.88 Å². The molecule has 1 aromatic rings. The molecule has 2 nitrogen and oxygen atoms in total. The van der Waals surface area contributed by atoms with Gasteiger partial charge in [0.15, 0.2) is 0 Å². The van der Waals surface area contributed by atoms with Crippen LogP contribution >= 0.6 is 11.3 Å². The molecule has 0 aliphatic heterocycles. The van der Waals surface area contributed by atoms with E-state index >= 15 is 0 Å². The summed E-state index contributed by atoms with van der Waals surface area (Å²) in [5.41, 5.74) is 0. The molecule has 0 saturated carbocycles. The fraction of sp³-hybridized carbons (Fsp3) is 0.545. The van der Waals surface area contributed by atoms with Crippen molar-refractivity contribution < 1.29 is 0 Å². The van der Waals surface area contributed by atoms with Gasteiger partial charge in [-0.25, -0.2) is 0 Å². The van der Waals surface area contributed by atoms with E-state index in [-0.39, 0.29) is 0 Å². The summed E-state index contributed by atoms with van der Waals surface area (Å²) in [6.07, 6.45) is 2.78. The van der Waals surface area contributed by atoms with Gasteiger partial charge in [0.2, 0.25) is 0 Å². The normalized spacial score (nSPS) is 10.4. The molecule has 0 spiro atoms. The van der Waals surface area contributed by atoms with E-state index in [2.05, 4.69) is 35.5 Å². The van der Waals surface area contributed by atoms with Crippen LogP contribution in [0.15, 0.2) is 17.5 Å². The maximum Gasteiger partial charge on any atom is 0.0622 e. The van der Waals surface area contributed by atoms with Gasteiger partial charge in [0.1, 0.15) is 0 Å². The second-order valence-electron chi connectivity index (χ2n) is 3.39. The molecule has 0 saturated heterocycles. The molecule has 1 rings (SSSR count). The zero-order valence-electron chi connectivity index (χ0n) is 8.57. The summed E-state index contributed by atoms with van der Waals surface area (Å²) in [6, 6.07) is 6.44. The lowest BCUT2D eigenvalue weighted by Crippen LogP contribution is -2.22. The van der Waals surface area contributed by atoms with Crippen molar-refractivity contribution in [3.63, 3.8) is 0 Å². The van der Waals surface area contributed by atoms with Gasteiger partial charge < -0.3 is 4.90 Å². The summed E-state index contributed by atoms with van der Waals surface area (Å²) in [6.45, 7) is 2.12. The van der Waals surface area contributed by atoms with Crippen molar-refractivity contribution in [2.75, 3.05) is 20.1 Å². The molecular weight excluding hydrogens is 192 g/mol. The fourth-order valence-corrected chi connectivity index (χ4v) is 1.99. The van der Waals surface area contributed by atoms with Gasteiger partial charge in [0.25, 0.3) is 0 Å². The Kier molecular flexibility index (Phi) is 5.28. The summed E-state index contributed by atoms with van der Waals surface area (Å²) in [5, 5.41) is 10.5. The minimum Gasteiger partial charge on any atom is -0.306 e. The topological polar surface area (TPSA) is 27.0 Å². The zero-order valence-corrected chi connectivity index (χ0v) is 9.39. The van der Waals surface area contributed by atoms with E-state index < -0.39 is 0 Å². The SMILES string of the molecule is CN(CCCC#N)CCc1cccs1. The van der Waals surface area contributed by atoms with Crippen LogP contribution < -0.4 is 0 Å². The van der Waals surface area contributed by atoms with Gasteiger partial charge in [-0.2, -0.15) is 5.26 Å². The van der Waals surface area contributed by atoms with Crippen molar-refractivity contribution in [1.82, 2.24) is 4.90 Å². The first kappa shape index (κ1) is 11.2. The lowest BCUT2D eigenvalue weighted by atomic mass is 10.3. The largest absolute Gasteiger partial charge is 0.306 e. The van der Waals surface area contributed by atoms with Gasteiger partial charge in [-0.15, -0.1) is 11.3 Å². The van der Waals surface area contributed by atoms with Gasteiger partial charge in [-0.1, -0.05) is 6.07 Å². The van der Waals surface area contributed by atoms with Gasteiger partial charge >= 0.3 is 0 Å².